The van der Waals surface area contributed by atoms with Crippen molar-refractivity contribution in [2.24, 2.45) is 0 Å². The molecule has 0 amide bonds. The molecule has 7 rings (SSSR count). The highest BCUT2D eigenvalue weighted by Crippen LogP contribution is 2.51. The van der Waals surface area contributed by atoms with Crippen LogP contribution in [0.15, 0.2) is 77.4 Å². The molecule has 0 fully saturated rings. The molecule has 0 atom stereocenters. The van der Waals surface area contributed by atoms with Gasteiger partial charge >= 0.3 is 0 Å². The molecule has 0 N–H and O–H groups in total. The van der Waals surface area contributed by atoms with Crippen molar-refractivity contribution >= 4 is 45.8 Å². The molecule has 0 radical (unpaired) electrons. The number of hydrogen-bond acceptors (Lipinski definition) is 8. The fourth-order valence-corrected chi connectivity index (χ4v) is 5.94. The average Bonchev–Trinajstić information content (AvgIpc) is 3.46. The Morgan fingerprint density at radius 2 is 1.12 bits per heavy atom. The second-order valence-corrected chi connectivity index (χ2v) is 11.0. The van der Waals surface area contributed by atoms with Crippen molar-refractivity contribution in [3.8, 4) is 0 Å². The normalized spacial score (nSPS) is 13.4. The van der Waals surface area contributed by atoms with Crippen LogP contribution in [0, 0.1) is 41.5 Å². The lowest BCUT2D eigenvalue weighted by molar-refractivity contribution is 0.817. The first-order valence-corrected chi connectivity index (χ1v) is 14.2. The van der Waals surface area contributed by atoms with Crippen LogP contribution in [0.25, 0.3) is 22.8 Å². The monoisotopic (exact) mass is 566 g/mol. The molecule has 3 aromatic carbocycles. The SMILES string of the molecule is Cc1cccc(C)c1N1C(=C/C=c2/c(C)nn3c(=O)c(C)nnc23)N(c2c(C)cccc2C)c2nc3ccccc3nc21. The van der Waals surface area contributed by atoms with Gasteiger partial charge in [-0.3, -0.25) is 14.6 Å². The lowest BCUT2D eigenvalue weighted by Gasteiger charge is -2.28. The first kappa shape index (κ1) is 26.5. The van der Waals surface area contributed by atoms with E-state index in [1.165, 1.54) is 4.52 Å². The predicted octanol–water partition coefficient (Wildman–Crippen LogP) is 5.61. The summed E-state index contributed by atoms with van der Waals surface area (Å²) in [6, 6.07) is 20.5. The first-order chi connectivity index (χ1) is 20.7. The Hall–Kier alpha value is -5.44. The van der Waals surface area contributed by atoms with E-state index in [9.17, 15) is 4.79 Å². The Bertz CT molecular complexity index is 2110. The Morgan fingerprint density at radius 1 is 0.605 bits per heavy atom. The highest BCUT2D eigenvalue weighted by molar-refractivity contribution is 5.95. The van der Waals surface area contributed by atoms with Gasteiger partial charge in [-0.2, -0.15) is 9.61 Å². The van der Waals surface area contributed by atoms with Crippen molar-refractivity contribution in [3.63, 3.8) is 0 Å². The molecule has 9 nitrogen and oxygen atoms in total. The maximum Gasteiger partial charge on any atom is 0.296 e. The number of anilines is 4. The quantitative estimate of drug-likeness (QED) is 0.273. The largest absolute Gasteiger partial charge is 0.296 e. The number of aryl methyl sites for hydroxylation is 6. The molecule has 0 saturated heterocycles. The molecule has 0 saturated carbocycles. The Kier molecular flexibility index (Phi) is 6.05. The van der Waals surface area contributed by atoms with E-state index in [2.05, 4.69) is 89.2 Å². The second kappa shape index (κ2) is 9.84. The minimum absolute atomic E-state index is 0.275. The molecule has 0 bridgehead atoms. The number of hydrogen-bond donors (Lipinski definition) is 0. The highest BCUT2D eigenvalue weighted by Gasteiger charge is 2.38. The molecule has 0 unspecified atom stereocenters. The summed E-state index contributed by atoms with van der Waals surface area (Å²) in [5, 5.41) is 13.6. The van der Waals surface area contributed by atoms with Crippen LogP contribution in [0.1, 0.15) is 33.6 Å². The third-order valence-electron chi connectivity index (χ3n) is 8.02. The van der Waals surface area contributed by atoms with Crippen LogP contribution < -0.4 is 20.6 Å². The van der Waals surface area contributed by atoms with Crippen LogP contribution in [-0.2, 0) is 0 Å². The van der Waals surface area contributed by atoms with Crippen molar-refractivity contribution in [3.05, 3.63) is 122 Å². The molecule has 4 heterocycles. The van der Waals surface area contributed by atoms with E-state index >= 15 is 0 Å². The molecule has 1 aliphatic heterocycles. The first-order valence-electron chi connectivity index (χ1n) is 14.2. The number of para-hydroxylation sites is 4. The number of benzene rings is 3. The molecule has 1 aliphatic rings. The number of nitrogens with zero attached hydrogens (tertiary/aromatic N) is 8. The minimum atomic E-state index is -0.275. The lowest BCUT2D eigenvalue weighted by Crippen LogP contribution is -2.24. The summed E-state index contributed by atoms with van der Waals surface area (Å²) >= 11 is 0. The average molecular weight is 567 g/mol. The zero-order valence-corrected chi connectivity index (χ0v) is 24.9. The lowest BCUT2D eigenvalue weighted by atomic mass is 10.1. The fourth-order valence-electron chi connectivity index (χ4n) is 5.94. The van der Waals surface area contributed by atoms with Crippen LogP contribution in [0.2, 0.25) is 0 Å². The van der Waals surface area contributed by atoms with Crippen LogP contribution in [0.5, 0.6) is 0 Å². The van der Waals surface area contributed by atoms with Crippen molar-refractivity contribution in [1.29, 1.82) is 0 Å². The predicted molar refractivity (Wildman–Crippen MR) is 170 cm³/mol. The van der Waals surface area contributed by atoms with E-state index in [0.29, 0.717) is 17.0 Å². The number of aromatic nitrogens is 6. The van der Waals surface area contributed by atoms with Crippen LogP contribution in [-0.4, -0.2) is 29.8 Å². The van der Waals surface area contributed by atoms with Gasteiger partial charge in [-0.25, -0.2) is 9.97 Å². The van der Waals surface area contributed by atoms with Crippen molar-refractivity contribution in [2.45, 2.75) is 41.5 Å². The smallest absolute Gasteiger partial charge is 0.276 e. The van der Waals surface area contributed by atoms with E-state index in [-0.39, 0.29) is 5.56 Å². The van der Waals surface area contributed by atoms with Gasteiger partial charge in [0, 0.05) is 5.22 Å². The second-order valence-electron chi connectivity index (χ2n) is 11.0. The maximum absolute atomic E-state index is 12.8. The molecule has 6 aromatic rings. The van der Waals surface area contributed by atoms with Gasteiger partial charge in [0.2, 0.25) is 0 Å². The third kappa shape index (κ3) is 4.07. The summed E-state index contributed by atoms with van der Waals surface area (Å²) in [6.45, 7) is 12.0. The summed E-state index contributed by atoms with van der Waals surface area (Å²) in [6.07, 6.45) is 4.01. The molecule has 212 valence electrons. The van der Waals surface area contributed by atoms with E-state index in [1.807, 2.05) is 43.3 Å². The molecule has 3 aromatic heterocycles. The van der Waals surface area contributed by atoms with Gasteiger partial charge < -0.3 is 0 Å². The van der Waals surface area contributed by atoms with Gasteiger partial charge in [0.05, 0.1) is 28.1 Å². The zero-order chi connectivity index (χ0) is 30.0. The van der Waals surface area contributed by atoms with Crippen molar-refractivity contribution < 1.29 is 0 Å². The standard InChI is InChI=1S/C34H30N8O/c1-19-11-9-12-20(2)29(19)40-28(18-17-25-23(5)39-42-31(25)38-37-24(6)34(42)43)41(30-21(3)13-10-14-22(30)4)33-32(40)35-26-15-7-8-16-27(26)36-33/h7-18H,1-6H3/b25-17-. The fraction of sp³-hybridized carbons (Fsp3) is 0.176. The van der Waals surface area contributed by atoms with Gasteiger partial charge in [-0.1, -0.05) is 48.5 Å². The zero-order valence-electron chi connectivity index (χ0n) is 24.9. The summed E-state index contributed by atoms with van der Waals surface area (Å²) < 4.78 is 1.33. The van der Waals surface area contributed by atoms with Gasteiger partial charge in [-0.05, 0) is 88.1 Å². The van der Waals surface area contributed by atoms with E-state index in [0.717, 1.165) is 67.3 Å². The Morgan fingerprint density at radius 3 is 1.63 bits per heavy atom. The third-order valence-corrected chi connectivity index (χ3v) is 8.02. The van der Waals surface area contributed by atoms with E-state index in [1.54, 1.807) is 6.92 Å². The van der Waals surface area contributed by atoms with Crippen molar-refractivity contribution in [2.75, 3.05) is 9.80 Å². The highest BCUT2D eigenvalue weighted by atomic mass is 16.1. The van der Waals surface area contributed by atoms with Gasteiger partial charge in [0.1, 0.15) is 11.5 Å². The molecular weight excluding hydrogens is 536 g/mol. The van der Waals surface area contributed by atoms with Gasteiger partial charge in [0.25, 0.3) is 5.56 Å². The number of allylic oxidation sites excluding steroid dienone is 1. The van der Waals surface area contributed by atoms with Crippen LogP contribution >= 0.6 is 0 Å². The molecule has 9 heteroatoms. The van der Waals surface area contributed by atoms with Gasteiger partial charge in [-0.15, -0.1) is 10.2 Å². The Balaban J connectivity index is 1.60. The van der Waals surface area contributed by atoms with Crippen LogP contribution in [0.4, 0.5) is 23.0 Å². The van der Waals surface area contributed by atoms with Crippen molar-refractivity contribution in [1.82, 2.24) is 29.8 Å². The number of rotatable bonds is 3. The van der Waals surface area contributed by atoms with Crippen LogP contribution in [0.3, 0.4) is 0 Å². The minimum Gasteiger partial charge on any atom is -0.276 e. The van der Waals surface area contributed by atoms with Gasteiger partial charge in [0.15, 0.2) is 17.3 Å². The topological polar surface area (TPSA) is 92.4 Å². The summed E-state index contributed by atoms with van der Waals surface area (Å²) in [4.78, 5) is 27.6. The Labute approximate surface area is 248 Å². The number of fused-ring (bicyclic) bond motifs is 3. The summed E-state index contributed by atoms with van der Waals surface area (Å²) in [5.74, 6) is 2.33. The summed E-state index contributed by atoms with van der Waals surface area (Å²) in [7, 11) is 0. The van der Waals surface area contributed by atoms with E-state index < -0.39 is 0 Å². The molecule has 43 heavy (non-hydrogen) atoms. The molecular formula is C34H30N8O. The van der Waals surface area contributed by atoms with E-state index in [4.69, 9.17) is 9.97 Å². The molecule has 0 aliphatic carbocycles. The molecule has 0 spiro atoms. The summed E-state index contributed by atoms with van der Waals surface area (Å²) in [5.41, 5.74) is 9.28. The maximum atomic E-state index is 12.8.